The minimum atomic E-state index is -0.114. The number of hydrogen-bond acceptors (Lipinski definition) is 2. The predicted octanol–water partition coefficient (Wildman–Crippen LogP) is 2.34. The van der Waals surface area contributed by atoms with E-state index in [1.54, 1.807) is 11.9 Å². The van der Waals surface area contributed by atoms with Crippen molar-refractivity contribution in [2.24, 2.45) is 0 Å². The molecule has 0 unspecified atom stereocenters. The molecule has 3 nitrogen and oxygen atoms in total. The molecule has 0 spiro atoms. The highest BCUT2D eigenvalue weighted by molar-refractivity contribution is 9.09. The van der Waals surface area contributed by atoms with E-state index in [9.17, 15) is 4.79 Å². The largest absolute Gasteiger partial charge is 0.311 e. The number of amides is 1. The van der Waals surface area contributed by atoms with Crippen LogP contribution in [0.1, 0.15) is 5.56 Å². The van der Waals surface area contributed by atoms with Crippen LogP contribution in [-0.2, 0) is 4.79 Å². The number of carbonyl (C=O) groups is 1. The van der Waals surface area contributed by atoms with E-state index in [0.29, 0.717) is 16.5 Å². The van der Waals surface area contributed by atoms with Gasteiger partial charge in [0.25, 0.3) is 5.91 Å². The second-order valence-electron chi connectivity index (χ2n) is 3.48. The number of hydrogen-bond donors (Lipinski definition) is 0. The van der Waals surface area contributed by atoms with Gasteiger partial charge in [-0.2, -0.15) is 5.26 Å². The van der Waals surface area contributed by atoms with Crippen molar-refractivity contribution in [1.29, 1.82) is 5.26 Å². The average Bonchev–Trinajstić information content (AvgIpc) is 2.57. The number of nitriles is 1. The summed E-state index contributed by atoms with van der Waals surface area (Å²) in [6, 6.07) is 9.57. The van der Waals surface area contributed by atoms with Gasteiger partial charge in [0.1, 0.15) is 0 Å². The summed E-state index contributed by atoms with van der Waals surface area (Å²) in [4.78, 5) is 13.6. The highest BCUT2D eigenvalue weighted by atomic mass is 79.9. The monoisotopic (exact) mass is 276 g/mol. The van der Waals surface area contributed by atoms with Crippen LogP contribution in [0.3, 0.4) is 0 Å². The number of nitrogens with zero attached hydrogens (tertiary/aromatic N) is 2. The molecule has 1 aromatic rings. The molecular formula is C12H9BrN2O. The number of benzene rings is 1. The molecule has 1 heterocycles. The van der Waals surface area contributed by atoms with Gasteiger partial charge in [0.2, 0.25) is 0 Å². The van der Waals surface area contributed by atoms with Crippen molar-refractivity contribution in [1.82, 2.24) is 0 Å². The van der Waals surface area contributed by atoms with Gasteiger partial charge in [-0.15, -0.1) is 0 Å². The lowest BCUT2D eigenvalue weighted by atomic mass is 10.0. The van der Waals surface area contributed by atoms with Gasteiger partial charge in [-0.3, -0.25) is 4.79 Å². The van der Waals surface area contributed by atoms with Crippen LogP contribution in [0, 0.1) is 11.3 Å². The van der Waals surface area contributed by atoms with E-state index in [1.165, 1.54) is 0 Å². The lowest BCUT2D eigenvalue weighted by Gasteiger charge is -2.08. The Morgan fingerprint density at radius 2 is 2.19 bits per heavy atom. The summed E-state index contributed by atoms with van der Waals surface area (Å²) in [6.07, 6.45) is 0. The topological polar surface area (TPSA) is 44.1 Å². The quantitative estimate of drug-likeness (QED) is 0.449. The number of halogens is 1. The molecule has 80 valence electrons. The lowest BCUT2D eigenvalue weighted by Crippen LogP contribution is -2.20. The maximum Gasteiger partial charge on any atom is 0.259 e. The molecule has 0 fully saturated rings. The summed E-state index contributed by atoms with van der Waals surface area (Å²) in [7, 11) is 1.72. The Kier molecular flexibility index (Phi) is 2.80. The zero-order valence-corrected chi connectivity index (χ0v) is 10.3. The molecule has 4 heteroatoms. The van der Waals surface area contributed by atoms with E-state index >= 15 is 0 Å². The van der Waals surface area contributed by atoms with E-state index in [4.69, 9.17) is 5.26 Å². The van der Waals surface area contributed by atoms with Crippen LogP contribution in [0.4, 0.5) is 5.69 Å². The minimum absolute atomic E-state index is 0.114. The summed E-state index contributed by atoms with van der Waals surface area (Å²) in [6.45, 7) is 0. The molecule has 0 saturated carbocycles. The van der Waals surface area contributed by atoms with Gasteiger partial charge in [-0.25, -0.2) is 0 Å². The van der Waals surface area contributed by atoms with E-state index in [0.717, 1.165) is 11.3 Å². The first-order chi connectivity index (χ1) is 7.70. The Morgan fingerprint density at radius 1 is 1.50 bits per heavy atom. The highest BCUT2D eigenvalue weighted by Crippen LogP contribution is 2.37. The summed E-state index contributed by atoms with van der Waals surface area (Å²) >= 11 is 3.23. The molecule has 16 heavy (non-hydrogen) atoms. The lowest BCUT2D eigenvalue weighted by molar-refractivity contribution is -0.112. The van der Waals surface area contributed by atoms with E-state index in [2.05, 4.69) is 22.0 Å². The fourth-order valence-corrected chi connectivity index (χ4v) is 2.22. The maximum atomic E-state index is 12.0. The zero-order chi connectivity index (χ0) is 11.7. The minimum Gasteiger partial charge on any atom is -0.311 e. The van der Waals surface area contributed by atoms with Crippen LogP contribution in [0.2, 0.25) is 0 Å². The number of alkyl halides is 1. The van der Waals surface area contributed by atoms with E-state index in [1.807, 2.05) is 24.3 Å². The molecule has 0 N–H and O–H groups in total. The van der Waals surface area contributed by atoms with Crippen LogP contribution in [0.5, 0.6) is 0 Å². The maximum absolute atomic E-state index is 12.0. The SMILES string of the molecule is CN1C(=O)/C(=C(\C#N)CBr)c2ccccc21. The molecule has 0 aliphatic carbocycles. The van der Waals surface area contributed by atoms with Crippen molar-refractivity contribution >= 4 is 33.1 Å². The summed E-state index contributed by atoms with van der Waals surface area (Å²) < 4.78 is 0. The summed E-state index contributed by atoms with van der Waals surface area (Å²) in [5, 5.41) is 9.40. The van der Waals surface area contributed by atoms with Gasteiger partial charge in [0.15, 0.2) is 0 Å². The molecule has 0 radical (unpaired) electrons. The third kappa shape index (κ3) is 1.44. The summed E-state index contributed by atoms with van der Waals surface area (Å²) in [5.41, 5.74) is 2.68. The first-order valence-electron chi connectivity index (χ1n) is 4.77. The number of fused-ring (bicyclic) bond motifs is 1. The standard InChI is InChI=1S/C12H9BrN2O/c1-15-10-5-3-2-4-9(10)11(12(15)16)8(6-13)7-14/h2-5H,6H2,1H3/b11-8-. The molecular weight excluding hydrogens is 268 g/mol. The van der Waals surface area contributed by atoms with Crippen molar-refractivity contribution in [2.45, 2.75) is 0 Å². The van der Waals surface area contributed by atoms with Gasteiger partial charge < -0.3 is 4.90 Å². The Morgan fingerprint density at radius 3 is 2.81 bits per heavy atom. The number of allylic oxidation sites excluding steroid dienone is 1. The zero-order valence-electron chi connectivity index (χ0n) is 8.70. The normalized spacial score (nSPS) is 17.1. The highest BCUT2D eigenvalue weighted by Gasteiger charge is 2.31. The van der Waals surface area contributed by atoms with Gasteiger partial charge in [0.05, 0.1) is 22.9 Å². The van der Waals surface area contributed by atoms with Crippen LogP contribution in [-0.4, -0.2) is 18.3 Å². The van der Waals surface area contributed by atoms with Crippen molar-refractivity contribution in [3.8, 4) is 6.07 Å². The van der Waals surface area contributed by atoms with Crippen molar-refractivity contribution < 1.29 is 4.79 Å². The Bertz CT molecular complexity index is 528. The average molecular weight is 277 g/mol. The predicted molar refractivity (Wildman–Crippen MR) is 66.2 cm³/mol. The van der Waals surface area contributed by atoms with Crippen molar-refractivity contribution in [3.63, 3.8) is 0 Å². The third-order valence-electron chi connectivity index (χ3n) is 2.62. The molecule has 0 atom stereocenters. The van der Waals surface area contributed by atoms with Crippen molar-refractivity contribution in [2.75, 3.05) is 17.3 Å². The third-order valence-corrected chi connectivity index (χ3v) is 3.18. The first-order valence-corrected chi connectivity index (χ1v) is 5.89. The number of likely N-dealkylation sites (N-methyl/N-ethyl adjacent to an activating group) is 1. The molecule has 1 aromatic carbocycles. The van der Waals surface area contributed by atoms with Gasteiger partial charge in [-0.05, 0) is 6.07 Å². The number of rotatable bonds is 1. The molecule has 0 bridgehead atoms. The van der Waals surface area contributed by atoms with Crippen LogP contribution < -0.4 is 4.90 Å². The fourth-order valence-electron chi connectivity index (χ4n) is 1.81. The van der Waals surface area contributed by atoms with Gasteiger partial charge in [-0.1, -0.05) is 34.1 Å². The fraction of sp³-hybridized carbons (Fsp3) is 0.167. The molecule has 0 aromatic heterocycles. The first kappa shape index (κ1) is 10.9. The molecule has 0 saturated heterocycles. The Hall–Kier alpha value is -1.60. The second kappa shape index (κ2) is 4.11. The number of carbonyl (C=O) groups excluding carboxylic acids is 1. The van der Waals surface area contributed by atoms with Gasteiger partial charge >= 0.3 is 0 Å². The molecule has 2 rings (SSSR count). The Labute approximate surface area is 102 Å². The number of anilines is 1. The van der Waals surface area contributed by atoms with E-state index < -0.39 is 0 Å². The Balaban J connectivity index is 2.72. The van der Waals surface area contributed by atoms with Crippen LogP contribution in [0.15, 0.2) is 29.8 Å². The van der Waals surface area contributed by atoms with Gasteiger partial charge in [0, 0.05) is 17.9 Å². The molecule has 1 amide bonds. The van der Waals surface area contributed by atoms with Crippen molar-refractivity contribution in [3.05, 3.63) is 35.4 Å². The smallest absolute Gasteiger partial charge is 0.259 e. The summed E-state index contributed by atoms with van der Waals surface area (Å²) in [5.74, 6) is -0.114. The van der Waals surface area contributed by atoms with Crippen LogP contribution >= 0.6 is 15.9 Å². The van der Waals surface area contributed by atoms with E-state index in [-0.39, 0.29) is 5.91 Å². The molecule has 1 aliphatic rings. The molecule has 1 aliphatic heterocycles. The number of para-hydroxylation sites is 1. The van der Waals surface area contributed by atoms with Crippen LogP contribution in [0.25, 0.3) is 5.57 Å². The second-order valence-corrected chi connectivity index (χ2v) is 4.04.